The molecule has 0 aliphatic rings. The van der Waals surface area contributed by atoms with Gasteiger partial charge in [0.25, 0.3) is 10.0 Å². The minimum atomic E-state index is -3.95. The molecule has 0 heterocycles. The topological polar surface area (TPSA) is 84.9 Å². The lowest BCUT2D eigenvalue weighted by molar-refractivity contribution is -0.119. The number of benzene rings is 3. The molecule has 0 saturated carbocycles. The zero-order chi connectivity index (χ0) is 24.7. The van der Waals surface area contributed by atoms with Crippen molar-refractivity contribution < 1.29 is 22.7 Å². The summed E-state index contributed by atoms with van der Waals surface area (Å²) >= 11 is 3.36. The summed E-state index contributed by atoms with van der Waals surface area (Å²) < 4.78 is 39.3. The molecule has 0 spiro atoms. The van der Waals surface area contributed by atoms with Crippen molar-refractivity contribution in [2.24, 2.45) is 0 Å². The smallest absolute Gasteiger partial charge is 0.264 e. The number of halogens is 1. The molecular weight excluding hydrogens is 520 g/mol. The third-order valence-corrected chi connectivity index (χ3v) is 7.51. The number of hydrogen-bond acceptors (Lipinski definition) is 5. The van der Waals surface area contributed by atoms with Gasteiger partial charge in [-0.15, -0.1) is 0 Å². The van der Waals surface area contributed by atoms with Gasteiger partial charge in [-0.3, -0.25) is 9.10 Å². The van der Waals surface area contributed by atoms with Crippen LogP contribution in [0.1, 0.15) is 11.1 Å². The van der Waals surface area contributed by atoms with Gasteiger partial charge in [0.15, 0.2) is 11.5 Å². The third-order valence-electron chi connectivity index (χ3n) is 5.19. The van der Waals surface area contributed by atoms with E-state index in [2.05, 4.69) is 21.2 Å². The average molecular weight is 547 g/mol. The molecule has 0 bridgehead atoms. The van der Waals surface area contributed by atoms with Gasteiger partial charge < -0.3 is 14.8 Å². The predicted octanol–water partition coefficient (Wildman–Crippen LogP) is 4.33. The minimum Gasteiger partial charge on any atom is -0.493 e. The molecule has 3 aromatic carbocycles. The van der Waals surface area contributed by atoms with Crippen molar-refractivity contribution in [2.75, 3.05) is 31.6 Å². The number of nitrogens with one attached hydrogen (secondary N) is 1. The van der Waals surface area contributed by atoms with Crippen LogP contribution in [0.25, 0.3) is 0 Å². The zero-order valence-electron chi connectivity index (χ0n) is 19.2. The summed E-state index contributed by atoms with van der Waals surface area (Å²) in [7, 11) is -0.813. The first-order valence-corrected chi connectivity index (χ1v) is 12.8. The maximum atomic E-state index is 13.4. The summed E-state index contributed by atoms with van der Waals surface area (Å²) in [4.78, 5) is 12.9. The molecule has 3 aromatic rings. The van der Waals surface area contributed by atoms with E-state index in [0.29, 0.717) is 30.2 Å². The Labute approximate surface area is 208 Å². The Hall–Kier alpha value is -3.04. The van der Waals surface area contributed by atoms with Crippen molar-refractivity contribution in [3.05, 3.63) is 82.3 Å². The van der Waals surface area contributed by atoms with Crippen LogP contribution >= 0.6 is 15.9 Å². The first kappa shape index (κ1) is 25.6. The van der Waals surface area contributed by atoms with Gasteiger partial charge in [-0.2, -0.15) is 0 Å². The van der Waals surface area contributed by atoms with Crippen molar-refractivity contribution in [1.82, 2.24) is 5.32 Å². The number of sulfonamides is 1. The van der Waals surface area contributed by atoms with E-state index in [1.165, 1.54) is 0 Å². The first-order chi connectivity index (χ1) is 16.2. The van der Waals surface area contributed by atoms with Gasteiger partial charge >= 0.3 is 0 Å². The molecule has 0 aromatic heterocycles. The van der Waals surface area contributed by atoms with Crippen molar-refractivity contribution >= 4 is 37.5 Å². The molecular formula is C25H27BrN2O5S. The number of carbonyl (C=O) groups excluding carboxylic acids is 1. The normalized spacial score (nSPS) is 11.1. The Bertz CT molecular complexity index is 1230. The largest absolute Gasteiger partial charge is 0.493 e. The van der Waals surface area contributed by atoms with E-state index >= 15 is 0 Å². The standard InChI is InChI=1S/C25H27BrN2O5S/c1-18-4-11-22(12-5-18)34(30,31)28(21-9-7-20(26)8-10-21)17-25(29)27-15-14-19-6-13-23(32-2)24(16-19)33-3/h4-13,16H,14-15,17H2,1-3H3,(H,27,29). The van der Waals surface area contributed by atoms with Crippen LogP contribution in [0.15, 0.2) is 76.1 Å². The summed E-state index contributed by atoms with van der Waals surface area (Å²) in [5.74, 6) is 0.831. The van der Waals surface area contributed by atoms with E-state index in [-0.39, 0.29) is 11.4 Å². The van der Waals surface area contributed by atoms with E-state index in [0.717, 1.165) is 19.9 Å². The SMILES string of the molecule is COc1ccc(CCNC(=O)CN(c2ccc(Br)cc2)S(=O)(=O)c2ccc(C)cc2)cc1OC. The van der Waals surface area contributed by atoms with Crippen LogP contribution in [-0.4, -0.2) is 41.6 Å². The van der Waals surface area contributed by atoms with Gasteiger partial charge in [-0.25, -0.2) is 8.42 Å². The van der Waals surface area contributed by atoms with Gasteiger partial charge in [0.1, 0.15) is 6.54 Å². The maximum absolute atomic E-state index is 13.4. The number of nitrogens with zero attached hydrogens (tertiary/aromatic N) is 1. The zero-order valence-corrected chi connectivity index (χ0v) is 21.6. The van der Waals surface area contributed by atoms with Crippen LogP contribution in [0, 0.1) is 6.92 Å². The second-order valence-corrected chi connectivity index (χ2v) is 10.4. The number of ether oxygens (including phenoxy) is 2. The predicted molar refractivity (Wildman–Crippen MR) is 136 cm³/mol. The fourth-order valence-electron chi connectivity index (χ4n) is 3.33. The van der Waals surface area contributed by atoms with E-state index < -0.39 is 15.9 Å². The average Bonchev–Trinajstić information content (AvgIpc) is 2.83. The quantitative estimate of drug-likeness (QED) is 0.409. The first-order valence-electron chi connectivity index (χ1n) is 10.6. The summed E-state index contributed by atoms with van der Waals surface area (Å²) in [5.41, 5.74) is 2.30. The fraction of sp³-hybridized carbons (Fsp3) is 0.240. The highest BCUT2D eigenvalue weighted by Crippen LogP contribution is 2.28. The van der Waals surface area contributed by atoms with Gasteiger partial charge in [-0.05, 0) is 67.4 Å². The van der Waals surface area contributed by atoms with Crippen molar-refractivity contribution in [2.45, 2.75) is 18.2 Å². The Balaban J connectivity index is 1.74. The van der Waals surface area contributed by atoms with Crippen LogP contribution < -0.4 is 19.1 Å². The number of anilines is 1. The number of aryl methyl sites for hydroxylation is 1. The van der Waals surface area contributed by atoms with Crippen molar-refractivity contribution in [3.8, 4) is 11.5 Å². The molecule has 34 heavy (non-hydrogen) atoms. The number of methoxy groups -OCH3 is 2. The monoisotopic (exact) mass is 546 g/mol. The highest BCUT2D eigenvalue weighted by molar-refractivity contribution is 9.10. The second kappa shape index (κ2) is 11.4. The molecule has 0 radical (unpaired) electrons. The molecule has 0 aliphatic carbocycles. The summed E-state index contributed by atoms with van der Waals surface area (Å²) in [6.45, 7) is 1.88. The Morgan fingerprint density at radius 3 is 2.21 bits per heavy atom. The van der Waals surface area contributed by atoms with Crippen LogP contribution in [-0.2, 0) is 21.2 Å². The van der Waals surface area contributed by atoms with Crippen LogP contribution in [0.3, 0.4) is 0 Å². The van der Waals surface area contributed by atoms with Crippen molar-refractivity contribution in [3.63, 3.8) is 0 Å². The van der Waals surface area contributed by atoms with Gasteiger partial charge in [0, 0.05) is 11.0 Å². The molecule has 0 unspecified atom stereocenters. The van der Waals surface area contributed by atoms with Gasteiger partial charge in [0.05, 0.1) is 24.8 Å². The van der Waals surface area contributed by atoms with E-state index in [9.17, 15) is 13.2 Å². The molecule has 0 fully saturated rings. The van der Waals surface area contributed by atoms with Crippen LogP contribution in [0.2, 0.25) is 0 Å². The highest BCUT2D eigenvalue weighted by Gasteiger charge is 2.27. The molecule has 0 atom stereocenters. The molecule has 1 amide bonds. The Kier molecular flexibility index (Phi) is 8.57. The molecule has 3 rings (SSSR count). The van der Waals surface area contributed by atoms with Gasteiger partial charge in [0.2, 0.25) is 5.91 Å². The molecule has 1 N–H and O–H groups in total. The number of carbonyl (C=O) groups is 1. The van der Waals surface area contributed by atoms with E-state index in [1.807, 2.05) is 19.1 Å². The number of amides is 1. The molecule has 0 saturated heterocycles. The van der Waals surface area contributed by atoms with Crippen LogP contribution in [0.5, 0.6) is 11.5 Å². The summed E-state index contributed by atoms with van der Waals surface area (Å²) in [6, 6.07) is 18.9. The molecule has 9 heteroatoms. The number of hydrogen-bond donors (Lipinski definition) is 1. The second-order valence-electron chi connectivity index (χ2n) is 7.59. The number of rotatable bonds is 10. The summed E-state index contributed by atoms with van der Waals surface area (Å²) in [5, 5.41) is 2.82. The van der Waals surface area contributed by atoms with Crippen LogP contribution in [0.4, 0.5) is 5.69 Å². The van der Waals surface area contributed by atoms with E-state index in [1.54, 1.807) is 68.8 Å². The lowest BCUT2D eigenvalue weighted by Gasteiger charge is -2.24. The third kappa shape index (κ3) is 6.30. The fourth-order valence-corrected chi connectivity index (χ4v) is 5.01. The highest BCUT2D eigenvalue weighted by atomic mass is 79.9. The molecule has 7 nitrogen and oxygen atoms in total. The van der Waals surface area contributed by atoms with E-state index in [4.69, 9.17) is 9.47 Å². The lowest BCUT2D eigenvalue weighted by atomic mass is 10.1. The molecule has 180 valence electrons. The summed E-state index contributed by atoms with van der Waals surface area (Å²) in [6.07, 6.45) is 0.551. The molecule has 0 aliphatic heterocycles. The minimum absolute atomic E-state index is 0.124. The Morgan fingerprint density at radius 2 is 1.59 bits per heavy atom. The lowest BCUT2D eigenvalue weighted by Crippen LogP contribution is -2.41. The Morgan fingerprint density at radius 1 is 0.941 bits per heavy atom. The van der Waals surface area contributed by atoms with Gasteiger partial charge in [-0.1, -0.05) is 39.7 Å². The maximum Gasteiger partial charge on any atom is 0.264 e. The van der Waals surface area contributed by atoms with Crippen molar-refractivity contribution in [1.29, 1.82) is 0 Å².